The first-order valence-electron chi connectivity index (χ1n) is 11.5. The van der Waals surface area contributed by atoms with Crippen molar-refractivity contribution in [3.8, 4) is 11.1 Å². The van der Waals surface area contributed by atoms with E-state index >= 15 is 0 Å². The second-order valence-electron chi connectivity index (χ2n) is 8.67. The summed E-state index contributed by atoms with van der Waals surface area (Å²) in [6.07, 6.45) is 6.68. The highest BCUT2D eigenvalue weighted by Gasteiger charge is 2.17. The Bertz CT molecular complexity index is 1710. The molecule has 9 nitrogen and oxygen atoms in total. The second kappa shape index (κ2) is 10.4. The zero-order valence-electron chi connectivity index (χ0n) is 20.5. The number of fused-ring (bicyclic) bond motifs is 1. The van der Waals surface area contributed by atoms with E-state index in [4.69, 9.17) is 16.3 Å². The molecule has 5 aromatic rings. The standard InChI is InChI=1S/C26H23ClF2N6O3/c1-33-25(3-4-31-33)32-24-8-19(20(27)9-30-24)16-7-23-26(37)35(18(14-38-2)12-34(23)10-16)11-15-5-21(28)22(29)6-17(15)13-36/h3-10,12,36H,11,13-14H2,1-2H3,(H,30,32). The molecule has 0 atom stereocenters. The van der Waals surface area contributed by atoms with E-state index in [9.17, 15) is 18.7 Å². The van der Waals surface area contributed by atoms with Gasteiger partial charge in [0, 0.05) is 49.9 Å². The number of hydrogen-bond acceptors (Lipinski definition) is 6. The molecular formula is C26H23ClF2N6O3. The summed E-state index contributed by atoms with van der Waals surface area (Å²) in [6, 6.07) is 7.20. The molecule has 2 N–H and O–H groups in total. The molecule has 0 saturated heterocycles. The van der Waals surface area contributed by atoms with Crippen molar-refractivity contribution in [3.63, 3.8) is 0 Å². The highest BCUT2D eigenvalue weighted by molar-refractivity contribution is 6.33. The summed E-state index contributed by atoms with van der Waals surface area (Å²) >= 11 is 6.48. The minimum absolute atomic E-state index is 0.0869. The largest absolute Gasteiger partial charge is 0.392 e. The fraction of sp³-hybridized carbons (Fsp3) is 0.192. The number of halogens is 3. The molecule has 0 fully saturated rings. The first-order chi connectivity index (χ1) is 18.3. The minimum atomic E-state index is -1.07. The van der Waals surface area contributed by atoms with Gasteiger partial charge in [-0.1, -0.05) is 11.6 Å². The molecule has 196 valence electrons. The summed E-state index contributed by atoms with van der Waals surface area (Å²) < 4.78 is 37.8. The van der Waals surface area contributed by atoms with Crippen LogP contribution in [-0.4, -0.2) is 35.9 Å². The predicted molar refractivity (Wildman–Crippen MR) is 138 cm³/mol. The lowest BCUT2D eigenvalue weighted by Gasteiger charge is -2.15. The molecule has 0 amide bonds. The number of methoxy groups -OCH3 is 1. The van der Waals surface area contributed by atoms with Gasteiger partial charge in [-0.15, -0.1) is 0 Å². The molecule has 0 unspecified atom stereocenters. The normalized spacial score (nSPS) is 11.4. The molecule has 0 aliphatic carbocycles. The smallest absolute Gasteiger partial charge is 0.275 e. The Labute approximate surface area is 220 Å². The van der Waals surface area contributed by atoms with Gasteiger partial charge in [0.1, 0.15) is 17.2 Å². The van der Waals surface area contributed by atoms with E-state index in [1.54, 1.807) is 52.9 Å². The van der Waals surface area contributed by atoms with Crippen LogP contribution in [0.15, 0.2) is 59.9 Å². The van der Waals surface area contributed by atoms with Gasteiger partial charge < -0.3 is 24.1 Å². The SMILES string of the molecule is COCc1cn2cc(-c3cc(Nc4ccnn4C)ncc3Cl)cc2c(=O)n1Cc1cc(F)c(F)cc1CO. The number of benzene rings is 1. The molecule has 4 heterocycles. The summed E-state index contributed by atoms with van der Waals surface area (Å²) in [5.74, 6) is -0.858. The van der Waals surface area contributed by atoms with Crippen LogP contribution >= 0.6 is 11.6 Å². The van der Waals surface area contributed by atoms with Gasteiger partial charge in [0.15, 0.2) is 11.6 Å². The third-order valence-corrected chi connectivity index (χ3v) is 6.53. The Morgan fingerprint density at radius 3 is 2.58 bits per heavy atom. The number of aliphatic hydroxyl groups is 1. The molecule has 38 heavy (non-hydrogen) atoms. The Morgan fingerprint density at radius 2 is 1.89 bits per heavy atom. The number of aryl methyl sites for hydroxylation is 1. The number of aromatic nitrogens is 5. The van der Waals surface area contributed by atoms with Crippen molar-refractivity contribution in [2.75, 3.05) is 12.4 Å². The zero-order chi connectivity index (χ0) is 27.0. The van der Waals surface area contributed by atoms with Crippen molar-refractivity contribution in [2.45, 2.75) is 19.8 Å². The molecular weight excluding hydrogens is 518 g/mol. The third-order valence-electron chi connectivity index (χ3n) is 6.22. The van der Waals surface area contributed by atoms with Gasteiger partial charge in [-0.05, 0) is 35.4 Å². The maximum atomic E-state index is 14.0. The van der Waals surface area contributed by atoms with Crippen LogP contribution < -0.4 is 10.9 Å². The second-order valence-corrected chi connectivity index (χ2v) is 9.08. The van der Waals surface area contributed by atoms with E-state index in [1.807, 2.05) is 0 Å². The number of nitrogens with zero attached hydrogens (tertiary/aromatic N) is 5. The average Bonchev–Trinajstić information content (AvgIpc) is 3.50. The van der Waals surface area contributed by atoms with E-state index in [2.05, 4.69) is 15.4 Å². The molecule has 0 aliphatic heterocycles. The van der Waals surface area contributed by atoms with Gasteiger partial charge in [0.25, 0.3) is 5.56 Å². The van der Waals surface area contributed by atoms with E-state index in [0.29, 0.717) is 33.2 Å². The lowest BCUT2D eigenvalue weighted by Crippen LogP contribution is -2.26. The van der Waals surface area contributed by atoms with Crippen molar-refractivity contribution >= 4 is 28.8 Å². The van der Waals surface area contributed by atoms with Crippen molar-refractivity contribution in [2.24, 2.45) is 7.05 Å². The summed E-state index contributed by atoms with van der Waals surface area (Å²) in [5.41, 5.74) is 2.25. The summed E-state index contributed by atoms with van der Waals surface area (Å²) in [7, 11) is 3.29. The van der Waals surface area contributed by atoms with E-state index in [-0.39, 0.29) is 29.8 Å². The average molecular weight is 541 g/mol. The van der Waals surface area contributed by atoms with Crippen molar-refractivity contribution < 1.29 is 18.6 Å². The van der Waals surface area contributed by atoms with Crippen LogP contribution in [0.5, 0.6) is 0 Å². The highest BCUT2D eigenvalue weighted by Crippen LogP contribution is 2.31. The summed E-state index contributed by atoms with van der Waals surface area (Å²) in [6.45, 7) is -0.504. The first-order valence-corrected chi connectivity index (χ1v) is 11.9. The van der Waals surface area contributed by atoms with Crippen molar-refractivity contribution in [1.82, 2.24) is 23.7 Å². The van der Waals surface area contributed by atoms with Crippen LogP contribution in [0.3, 0.4) is 0 Å². The number of hydrogen-bond donors (Lipinski definition) is 2. The van der Waals surface area contributed by atoms with Crippen LogP contribution in [0.1, 0.15) is 16.8 Å². The van der Waals surface area contributed by atoms with Crippen LogP contribution in [0, 0.1) is 11.6 Å². The maximum absolute atomic E-state index is 14.0. The number of pyridine rings is 1. The number of aliphatic hydroxyl groups excluding tert-OH is 1. The van der Waals surface area contributed by atoms with Gasteiger partial charge >= 0.3 is 0 Å². The van der Waals surface area contributed by atoms with Crippen molar-refractivity contribution in [3.05, 3.63) is 99.0 Å². The molecule has 0 aliphatic rings. The van der Waals surface area contributed by atoms with Gasteiger partial charge in [0.05, 0.1) is 36.7 Å². The molecule has 12 heteroatoms. The van der Waals surface area contributed by atoms with E-state index in [0.717, 1.165) is 18.0 Å². The third kappa shape index (κ3) is 4.78. The van der Waals surface area contributed by atoms with Crippen LogP contribution in [0.4, 0.5) is 20.4 Å². The Hall–Kier alpha value is -4.06. The lowest BCUT2D eigenvalue weighted by atomic mass is 10.1. The van der Waals surface area contributed by atoms with Crippen molar-refractivity contribution in [1.29, 1.82) is 0 Å². The molecule has 0 saturated carbocycles. The Kier molecular flexibility index (Phi) is 6.98. The fourth-order valence-corrected chi connectivity index (χ4v) is 4.50. The van der Waals surface area contributed by atoms with Crippen LogP contribution in [-0.2, 0) is 31.5 Å². The van der Waals surface area contributed by atoms with Crippen LogP contribution in [0.25, 0.3) is 16.6 Å². The molecule has 0 radical (unpaired) electrons. The van der Waals surface area contributed by atoms with E-state index in [1.165, 1.54) is 17.9 Å². The first kappa shape index (κ1) is 25.6. The Morgan fingerprint density at radius 1 is 1.13 bits per heavy atom. The Balaban J connectivity index is 1.59. The molecule has 0 bridgehead atoms. The number of rotatable bonds is 8. The fourth-order valence-electron chi connectivity index (χ4n) is 4.29. The molecule has 1 aromatic carbocycles. The van der Waals surface area contributed by atoms with Gasteiger partial charge in [-0.3, -0.25) is 9.48 Å². The lowest BCUT2D eigenvalue weighted by molar-refractivity contribution is 0.177. The summed E-state index contributed by atoms with van der Waals surface area (Å²) in [5, 5.41) is 17.4. The van der Waals surface area contributed by atoms with Crippen LogP contribution in [0.2, 0.25) is 5.02 Å². The maximum Gasteiger partial charge on any atom is 0.275 e. The number of nitrogens with one attached hydrogen (secondary N) is 1. The monoisotopic (exact) mass is 540 g/mol. The number of ether oxygens (including phenoxy) is 1. The zero-order valence-corrected chi connectivity index (χ0v) is 21.2. The van der Waals surface area contributed by atoms with Gasteiger partial charge in [-0.2, -0.15) is 5.10 Å². The highest BCUT2D eigenvalue weighted by atomic mass is 35.5. The number of anilines is 2. The predicted octanol–water partition coefficient (Wildman–Crippen LogP) is 4.26. The summed E-state index contributed by atoms with van der Waals surface area (Å²) in [4.78, 5) is 17.9. The van der Waals surface area contributed by atoms with Gasteiger partial charge in [0.2, 0.25) is 0 Å². The minimum Gasteiger partial charge on any atom is -0.392 e. The van der Waals surface area contributed by atoms with Gasteiger partial charge in [-0.25, -0.2) is 13.8 Å². The topological polar surface area (TPSA) is 98.6 Å². The molecule has 4 aromatic heterocycles. The quantitative estimate of drug-likeness (QED) is 0.305. The molecule has 0 spiro atoms. The molecule has 5 rings (SSSR count). The van der Waals surface area contributed by atoms with E-state index < -0.39 is 18.2 Å².